The zero-order valence-electron chi connectivity index (χ0n) is 10.6. The van der Waals surface area contributed by atoms with Gasteiger partial charge in [0.15, 0.2) is 0 Å². The molecule has 0 amide bonds. The predicted molar refractivity (Wildman–Crippen MR) is 69.8 cm³/mol. The summed E-state index contributed by atoms with van der Waals surface area (Å²) in [7, 11) is 0. The average Bonchev–Trinajstić information content (AvgIpc) is 2.69. The normalized spacial score (nSPS) is 14.6. The summed E-state index contributed by atoms with van der Waals surface area (Å²) in [5.41, 5.74) is 9.71. The van der Waals surface area contributed by atoms with Crippen LogP contribution in [0.15, 0.2) is 36.7 Å². The van der Waals surface area contributed by atoms with Gasteiger partial charge in [-0.3, -0.25) is 0 Å². The van der Waals surface area contributed by atoms with Crippen molar-refractivity contribution >= 4 is 0 Å². The molecule has 3 heteroatoms. The van der Waals surface area contributed by atoms with Crippen molar-refractivity contribution in [2.45, 2.75) is 32.9 Å². The van der Waals surface area contributed by atoms with Crippen LogP contribution >= 0.6 is 0 Å². The van der Waals surface area contributed by atoms with E-state index in [2.05, 4.69) is 35.5 Å². The monoisotopic (exact) mass is 229 g/mol. The van der Waals surface area contributed by atoms with Crippen molar-refractivity contribution in [2.75, 3.05) is 0 Å². The second-order valence-corrected chi connectivity index (χ2v) is 4.50. The van der Waals surface area contributed by atoms with Gasteiger partial charge in [0.1, 0.15) is 0 Å². The maximum atomic E-state index is 6.30. The molecule has 2 N–H and O–H groups in total. The summed E-state index contributed by atoms with van der Waals surface area (Å²) in [5, 5.41) is 0. The number of nitrogens with zero attached hydrogens (tertiary/aromatic N) is 2. The van der Waals surface area contributed by atoms with E-state index in [9.17, 15) is 0 Å². The minimum absolute atomic E-state index is 0.0106. The van der Waals surface area contributed by atoms with Crippen LogP contribution in [0.3, 0.4) is 0 Å². The molecule has 0 radical (unpaired) electrons. The first-order valence-corrected chi connectivity index (χ1v) is 5.92. The quantitative estimate of drug-likeness (QED) is 0.879. The number of aromatic nitrogens is 2. The van der Waals surface area contributed by atoms with Gasteiger partial charge in [0.05, 0.1) is 24.1 Å². The molecule has 90 valence electrons. The van der Waals surface area contributed by atoms with Crippen molar-refractivity contribution in [3.8, 4) is 0 Å². The van der Waals surface area contributed by atoms with Gasteiger partial charge in [-0.2, -0.15) is 0 Å². The Balaban J connectivity index is 2.26. The molecule has 0 aliphatic heterocycles. The highest BCUT2D eigenvalue weighted by Gasteiger charge is 2.18. The van der Waals surface area contributed by atoms with Crippen molar-refractivity contribution in [1.29, 1.82) is 0 Å². The minimum atomic E-state index is -0.0106. The van der Waals surface area contributed by atoms with Crippen LogP contribution in [0, 0.1) is 13.8 Å². The van der Waals surface area contributed by atoms with E-state index in [-0.39, 0.29) is 12.1 Å². The number of imidazole rings is 1. The lowest BCUT2D eigenvalue weighted by molar-refractivity contribution is 0.445. The fourth-order valence-corrected chi connectivity index (χ4v) is 2.05. The van der Waals surface area contributed by atoms with E-state index in [0.29, 0.717) is 0 Å². The first-order valence-electron chi connectivity index (χ1n) is 5.92. The third-order valence-electron chi connectivity index (χ3n) is 3.43. The Labute approximate surface area is 102 Å². The maximum Gasteiger partial charge on any atom is 0.0954 e. The van der Waals surface area contributed by atoms with Crippen LogP contribution in [0.25, 0.3) is 0 Å². The highest BCUT2D eigenvalue weighted by molar-refractivity contribution is 5.20. The summed E-state index contributed by atoms with van der Waals surface area (Å²) in [6.45, 7) is 6.23. The van der Waals surface area contributed by atoms with Crippen LogP contribution < -0.4 is 5.73 Å². The Morgan fingerprint density at radius 3 is 2.35 bits per heavy atom. The first kappa shape index (κ1) is 11.9. The van der Waals surface area contributed by atoms with Gasteiger partial charge in [-0.15, -0.1) is 0 Å². The minimum Gasteiger partial charge on any atom is -0.330 e. The topological polar surface area (TPSA) is 43.8 Å². The molecule has 0 fully saturated rings. The van der Waals surface area contributed by atoms with E-state index in [1.807, 2.05) is 31.5 Å². The SMILES string of the molecule is Cc1ncn(C(C)C(N)c2ccccc2)c1C. The molecule has 0 saturated heterocycles. The van der Waals surface area contributed by atoms with Gasteiger partial charge in [0.2, 0.25) is 0 Å². The summed E-state index contributed by atoms with van der Waals surface area (Å²) in [4.78, 5) is 4.32. The first-order chi connectivity index (χ1) is 8.11. The third-order valence-corrected chi connectivity index (χ3v) is 3.43. The summed E-state index contributed by atoms with van der Waals surface area (Å²) in [6.07, 6.45) is 1.87. The zero-order chi connectivity index (χ0) is 12.4. The van der Waals surface area contributed by atoms with Gasteiger partial charge in [-0.25, -0.2) is 4.98 Å². The fourth-order valence-electron chi connectivity index (χ4n) is 2.05. The highest BCUT2D eigenvalue weighted by Crippen LogP contribution is 2.25. The molecule has 0 spiro atoms. The van der Waals surface area contributed by atoms with Crippen LogP contribution in [-0.4, -0.2) is 9.55 Å². The molecule has 1 aromatic carbocycles. The molecular formula is C14H19N3. The summed E-state index contributed by atoms with van der Waals surface area (Å²) >= 11 is 0. The lowest BCUT2D eigenvalue weighted by atomic mass is 10.0. The van der Waals surface area contributed by atoms with Gasteiger partial charge in [0, 0.05) is 5.69 Å². The molecule has 3 nitrogen and oxygen atoms in total. The molecular weight excluding hydrogens is 210 g/mol. The summed E-state index contributed by atoms with van der Waals surface area (Å²) in [5.74, 6) is 0. The van der Waals surface area contributed by atoms with Crippen molar-refractivity contribution < 1.29 is 0 Å². The van der Waals surface area contributed by atoms with Crippen molar-refractivity contribution in [3.05, 3.63) is 53.6 Å². The zero-order valence-corrected chi connectivity index (χ0v) is 10.6. The van der Waals surface area contributed by atoms with E-state index >= 15 is 0 Å². The number of hydrogen-bond acceptors (Lipinski definition) is 2. The molecule has 2 aromatic rings. The summed E-state index contributed by atoms with van der Waals surface area (Å²) in [6, 6.07) is 10.4. The number of nitrogens with two attached hydrogens (primary N) is 1. The third kappa shape index (κ3) is 2.24. The van der Waals surface area contributed by atoms with E-state index in [1.54, 1.807) is 0 Å². The highest BCUT2D eigenvalue weighted by atomic mass is 15.1. The van der Waals surface area contributed by atoms with Crippen molar-refractivity contribution in [1.82, 2.24) is 9.55 Å². The van der Waals surface area contributed by atoms with Crippen LogP contribution in [0.1, 0.15) is 36.0 Å². The van der Waals surface area contributed by atoms with Crippen molar-refractivity contribution in [2.24, 2.45) is 5.73 Å². The van der Waals surface area contributed by atoms with E-state index in [0.717, 1.165) is 11.3 Å². The van der Waals surface area contributed by atoms with E-state index in [1.165, 1.54) is 5.69 Å². The molecule has 1 heterocycles. The molecule has 2 unspecified atom stereocenters. The number of aryl methyl sites for hydroxylation is 1. The molecule has 0 aliphatic carbocycles. The van der Waals surface area contributed by atoms with E-state index < -0.39 is 0 Å². The number of hydrogen-bond donors (Lipinski definition) is 1. The Bertz CT molecular complexity index is 487. The second-order valence-electron chi connectivity index (χ2n) is 4.50. The van der Waals surface area contributed by atoms with E-state index in [4.69, 9.17) is 5.73 Å². The Morgan fingerprint density at radius 2 is 1.82 bits per heavy atom. The molecule has 1 aromatic heterocycles. The molecule has 2 atom stereocenters. The van der Waals surface area contributed by atoms with Crippen LogP contribution in [0.2, 0.25) is 0 Å². The standard InChI is InChI=1S/C14H19N3/c1-10-11(2)17(9-16-10)12(3)14(15)13-7-5-4-6-8-13/h4-9,12,14H,15H2,1-3H3. The smallest absolute Gasteiger partial charge is 0.0954 e. The molecule has 17 heavy (non-hydrogen) atoms. The van der Waals surface area contributed by atoms with Gasteiger partial charge < -0.3 is 10.3 Å². The predicted octanol–water partition coefficient (Wildman–Crippen LogP) is 2.76. The summed E-state index contributed by atoms with van der Waals surface area (Å²) < 4.78 is 2.15. The number of benzene rings is 1. The van der Waals surface area contributed by atoms with Crippen LogP contribution in [0.5, 0.6) is 0 Å². The Kier molecular flexibility index (Phi) is 3.29. The van der Waals surface area contributed by atoms with Gasteiger partial charge in [-0.05, 0) is 26.3 Å². The van der Waals surface area contributed by atoms with Crippen LogP contribution in [-0.2, 0) is 0 Å². The van der Waals surface area contributed by atoms with Gasteiger partial charge in [0.25, 0.3) is 0 Å². The fraction of sp³-hybridized carbons (Fsp3) is 0.357. The molecule has 2 rings (SSSR count). The van der Waals surface area contributed by atoms with Crippen LogP contribution in [0.4, 0.5) is 0 Å². The van der Waals surface area contributed by atoms with Crippen molar-refractivity contribution in [3.63, 3.8) is 0 Å². The lowest BCUT2D eigenvalue weighted by Crippen LogP contribution is -2.22. The molecule has 0 bridgehead atoms. The lowest BCUT2D eigenvalue weighted by Gasteiger charge is -2.23. The maximum absolute atomic E-state index is 6.30. The van der Waals surface area contributed by atoms with Gasteiger partial charge in [-0.1, -0.05) is 30.3 Å². The molecule has 0 aliphatic rings. The van der Waals surface area contributed by atoms with Gasteiger partial charge >= 0.3 is 0 Å². The Morgan fingerprint density at radius 1 is 1.18 bits per heavy atom. The number of rotatable bonds is 3. The average molecular weight is 229 g/mol. The second kappa shape index (κ2) is 4.72. The Hall–Kier alpha value is -1.61. The molecule has 0 saturated carbocycles. The largest absolute Gasteiger partial charge is 0.330 e.